The van der Waals surface area contributed by atoms with Crippen molar-refractivity contribution in [2.45, 2.75) is 27.2 Å². The lowest BCUT2D eigenvalue weighted by molar-refractivity contribution is -0.116. The molecule has 4 heteroatoms. The molecule has 3 rings (SSSR count). The molecule has 1 aliphatic heterocycles. The molecule has 0 saturated heterocycles. The molecule has 2 N–H and O–H groups in total. The van der Waals surface area contributed by atoms with Gasteiger partial charge < -0.3 is 10.4 Å². The zero-order chi connectivity index (χ0) is 18.2. The fraction of sp³-hybridized carbons (Fsp3) is 0.286. The van der Waals surface area contributed by atoms with E-state index in [1.807, 2.05) is 63.2 Å². The minimum atomic E-state index is -0.518. The highest BCUT2D eigenvalue weighted by molar-refractivity contribution is 6.35. The van der Waals surface area contributed by atoms with E-state index in [2.05, 4.69) is 5.32 Å². The second-order valence-electron chi connectivity index (χ2n) is 7.00. The molecular weight excluding hydrogens is 334 g/mol. The molecular formula is C21H22ClNO2. The summed E-state index contributed by atoms with van der Waals surface area (Å²) in [6.45, 7) is 6.23. The monoisotopic (exact) mass is 355 g/mol. The molecule has 0 bridgehead atoms. The predicted molar refractivity (Wildman–Crippen MR) is 103 cm³/mol. The molecule has 1 amide bonds. The number of rotatable bonds is 3. The van der Waals surface area contributed by atoms with Crippen LogP contribution in [-0.4, -0.2) is 17.6 Å². The highest BCUT2D eigenvalue weighted by Crippen LogP contribution is 2.40. The molecule has 0 fully saturated rings. The minimum Gasteiger partial charge on any atom is -0.511 e. The summed E-state index contributed by atoms with van der Waals surface area (Å²) in [6, 6.07) is 13.9. The van der Waals surface area contributed by atoms with Crippen LogP contribution >= 0.6 is 11.6 Å². The number of hydrogen-bond acceptors (Lipinski definition) is 2. The number of amides is 1. The summed E-state index contributed by atoms with van der Waals surface area (Å²) in [6.07, 6.45) is 0.709. The number of benzene rings is 2. The van der Waals surface area contributed by atoms with Crippen LogP contribution in [0, 0.1) is 5.41 Å². The van der Waals surface area contributed by atoms with Gasteiger partial charge in [0.15, 0.2) is 0 Å². The SMILES string of the molecule is CCc1cc(-c2ccccc2)cc(Cl)c1C1=C(O)C(C)(C)CNC1=O. The van der Waals surface area contributed by atoms with Crippen LogP contribution in [0.4, 0.5) is 0 Å². The summed E-state index contributed by atoms with van der Waals surface area (Å²) in [5, 5.41) is 14.1. The molecule has 2 aromatic rings. The van der Waals surface area contributed by atoms with E-state index in [9.17, 15) is 9.90 Å². The second-order valence-corrected chi connectivity index (χ2v) is 7.41. The third kappa shape index (κ3) is 3.16. The molecule has 130 valence electrons. The zero-order valence-electron chi connectivity index (χ0n) is 14.7. The topological polar surface area (TPSA) is 49.3 Å². The van der Waals surface area contributed by atoms with Crippen molar-refractivity contribution in [2.75, 3.05) is 6.54 Å². The lowest BCUT2D eigenvalue weighted by Gasteiger charge is -2.32. The van der Waals surface area contributed by atoms with E-state index in [0.29, 0.717) is 23.6 Å². The van der Waals surface area contributed by atoms with Crippen molar-refractivity contribution in [1.82, 2.24) is 5.32 Å². The van der Waals surface area contributed by atoms with E-state index in [1.165, 1.54) is 0 Å². The van der Waals surface area contributed by atoms with Crippen molar-refractivity contribution in [3.8, 4) is 11.1 Å². The molecule has 0 aromatic heterocycles. The Labute approximate surface area is 153 Å². The maximum Gasteiger partial charge on any atom is 0.255 e. The Hall–Kier alpha value is -2.26. The largest absolute Gasteiger partial charge is 0.511 e. The van der Waals surface area contributed by atoms with Crippen LogP contribution in [0.2, 0.25) is 5.02 Å². The van der Waals surface area contributed by atoms with E-state index in [0.717, 1.165) is 16.7 Å². The molecule has 2 aromatic carbocycles. The first kappa shape index (κ1) is 17.6. The van der Waals surface area contributed by atoms with E-state index in [1.54, 1.807) is 0 Å². The summed E-state index contributed by atoms with van der Waals surface area (Å²) in [7, 11) is 0. The van der Waals surface area contributed by atoms with Gasteiger partial charge in [-0.05, 0) is 29.2 Å². The molecule has 3 nitrogen and oxygen atoms in total. The van der Waals surface area contributed by atoms with Gasteiger partial charge in [-0.15, -0.1) is 0 Å². The predicted octanol–water partition coefficient (Wildman–Crippen LogP) is 4.99. The van der Waals surface area contributed by atoms with Crippen LogP contribution in [-0.2, 0) is 11.2 Å². The summed E-state index contributed by atoms with van der Waals surface area (Å²) in [4.78, 5) is 12.5. The number of aliphatic hydroxyl groups excluding tert-OH is 1. The van der Waals surface area contributed by atoms with Crippen molar-refractivity contribution in [3.63, 3.8) is 0 Å². The van der Waals surface area contributed by atoms with Crippen molar-refractivity contribution in [2.24, 2.45) is 5.41 Å². The number of aryl methyl sites for hydroxylation is 1. The number of hydrogen-bond donors (Lipinski definition) is 2. The number of halogens is 1. The maximum absolute atomic E-state index is 12.5. The number of nitrogens with one attached hydrogen (secondary N) is 1. The van der Waals surface area contributed by atoms with Gasteiger partial charge in [-0.1, -0.05) is 68.8 Å². The molecule has 0 atom stereocenters. The Balaban J connectivity index is 2.22. The molecule has 1 heterocycles. The Morgan fingerprint density at radius 2 is 1.84 bits per heavy atom. The third-order valence-corrected chi connectivity index (χ3v) is 5.00. The Morgan fingerprint density at radius 3 is 2.48 bits per heavy atom. The van der Waals surface area contributed by atoms with Gasteiger partial charge in [0.1, 0.15) is 5.76 Å². The maximum atomic E-state index is 12.5. The summed E-state index contributed by atoms with van der Waals surface area (Å²) < 4.78 is 0. The van der Waals surface area contributed by atoms with Crippen LogP contribution in [0.3, 0.4) is 0 Å². The number of aliphatic hydroxyl groups is 1. The van der Waals surface area contributed by atoms with E-state index in [4.69, 9.17) is 11.6 Å². The first-order valence-corrected chi connectivity index (χ1v) is 8.83. The first-order chi connectivity index (χ1) is 11.8. The molecule has 0 aliphatic carbocycles. The van der Waals surface area contributed by atoms with E-state index < -0.39 is 5.41 Å². The molecule has 0 radical (unpaired) electrons. The van der Waals surface area contributed by atoms with E-state index in [-0.39, 0.29) is 17.2 Å². The van der Waals surface area contributed by atoms with Gasteiger partial charge >= 0.3 is 0 Å². The van der Waals surface area contributed by atoms with Crippen molar-refractivity contribution < 1.29 is 9.90 Å². The minimum absolute atomic E-state index is 0.0975. The van der Waals surface area contributed by atoms with Crippen molar-refractivity contribution >= 4 is 23.1 Å². The molecule has 0 spiro atoms. The average Bonchev–Trinajstić information content (AvgIpc) is 2.60. The second kappa shape index (κ2) is 6.57. The van der Waals surface area contributed by atoms with Crippen LogP contribution in [0.1, 0.15) is 31.9 Å². The van der Waals surface area contributed by atoms with Crippen LogP contribution < -0.4 is 5.32 Å². The highest BCUT2D eigenvalue weighted by atomic mass is 35.5. The van der Waals surface area contributed by atoms with Gasteiger partial charge in [-0.2, -0.15) is 0 Å². The standard InChI is InChI=1S/C21H22ClNO2/c1-4-13-10-15(14-8-6-5-7-9-14)11-16(22)17(13)18-19(24)21(2,3)12-23-20(18)25/h5-11,24H,4,12H2,1-3H3,(H,23,25). The summed E-state index contributed by atoms with van der Waals surface area (Å²) in [5.41, 5.74) is 3.42. The first-order valence-electron chi connectivity index (χ1n) is 8.45. The van der Waals surface area contributed by atoms with Gasteiger partial charge in [0.05, 0.1) is 5.57 Å². The van der Waals surface area contributed by atoms with Crippen molar-refractivity contribution in [1.29, 1.82) is 0 Å². The summed E-state index contributed by atoms with van der Waals surface area (Å²) >= 11 is 6.59. The molecule has 1 aliphatic rings. The molecule has 0 saturated carbocycles. The van der Waals surface area contributed by atoms with Gasteiger partial charge in [-0.3, -0.25) is 4.79 Å². The fourth-order valence-corrected chi connectivity index (χ4v) is 3.50. The van der Waals surface area contributed by atoms with Crippen LogP contribution in [0.15, 0.2) is 48.2 Å². The molecule has 0 unspecified atom stereocenters. The lowest BCUT2D eigenvalue weighted by atomic mass is 9.81. The van der Waals surface area contributed by atoms with Gasteiger partial charge in [0.25, 0.3) is 5.91 Å². The van der Waals surface area contributed by atoms with E-state index >= 15 is 0 Å². The highest BCUT2D eigenvalue weighted by Gasteiger charge is 2.36. The number of carbonyl (C=O) groups excluding carboxylic acids is 1. The zero-order valence-corrected chi connectivity index (χ0v) is 15.4. The Bertz CT molecular complexity index is 854. The van der Waals surface area contributed by atoms with Gasteiger partial charge in [0.2, 0.25) is 0 Å². The third-order valence-electron chi connectivity index (χ3n) is 4.71. The number of carbonyl (C=O) groups is 1. The fourth-order valence-electron chi connectivity index (χ4n) is 3.17. The van der Waals surface area contributed by atoms with Gasteiger partial charge in [0, 0.05) is 22.5 Å². The van der Waals surface area contributed by atoms with Crippen molar-refractivity contribution in [3.05, 3.63) is 64.4 Å². The van der Waals surface area contributed by atoms with Crippen LogP contribution in [0.5, 0.6) is 0 Å². The average molecular weight is 356 g/mol. The van der Waals surface area contributed by atoms with Crippen LogP contribution in [0.25, 0.3) is 16.7 Å². The Kier molecular flexibility index (Phi) is 4.61. The smallest absolute Gasteiger partial charge is 0.255 e. The quantitative estimate of drug-likeness (QED) is 0.814. The molecule has 25 heavy (non-hydrogen) atoms. The summed E-state index contributed by atoms with van der Waals surface area (Å²) in [5.74, 6) is -0.179. The Morgan fingerprint density at radius 1 is 1.16 bits per heavy atom. The van der Waals surface area contributed by atoms with Gasteiger partial charge in [-0.25, -0.2) is 0 Å². The normalized spacial score (nSPS) is 16.7. The lowest BCUT2D eigenvalue weighted by Crippen LogP contribution is -2.42.